The first kappa shape index (κ1) is 85.3. The van der Waals surface area contributed by atoms with Crippen molar-refractivity contribution in [2.45, 2.75) is 469 Å². The van der Waals surface area contributed by atoms with E-state index in [-0.39, 0.29) is 18.5 Å². The van der Waals surface area contributed by atoms with E-state index in [9.17, 15) is 19.8 Å². The number of aliphatic hydroxyl groups excluding tert-OH is 2. The van der Waals surface area contributed by atoms with Crippen LogP contribution in [0.25, 0.3) is 0 Å². The van der Waals surface area contributed by atoms with Crippen molar-refractivity contribution in [1.29, 1.82) is 0 Å². The molecule has 0 aromatic heterocycles. The number of hydrogen-bond acceptors (Lipinski definition) is 5. The lowest BCUT2D eigenvalue weighted by atomic mass is 10.0. The Kier molecular flexibility index (Phi) is 75.3. The molecule has 2 unspecified atom stereocenters. The van der Waals surface area contributed by atoms with Gasteiger partial charge in [0.05, 0.1) is 25.4 Å². The molecular weight excluding hydrogens is 1070 g/mol. The number of esters is 1. The van der Waals surface area contributed by atoms with Gasteiger partial charge in [-0.15, -0.1) is 0 Å². The minimum atomic E-state index is -0.845. The fourth-order valence-electron chi connectivity index (χ4n) is 12.9. The van der Waals surface area contributed by atoms with E-state index < -0.39 is 12.1 Å². The molecule has 0 rings (SSSR count). The molecule has 516 valence electrons. The summed E-state index contributed by atoms with van der Waals surface area (Å²) in [5, 5.41) is 23.3. The van der Waals surface area contributed by atoms with E-state index in [1.807, 2.05) is 6.08 Å². The van der Waals surface area contributed by atoms with Gasteiger partial charge in [0.25, 0.3) is 0 Å². The van der Waals surface area contributed by atoms with Crippen molar-refractivity contribution in [2.24, 2.45) is 0 Å². The van der Waals surface area contributed by atoms with E-state index in [2.05, 4.69) is 31.3 Å². The normalized spacial score (nSPS) is 12.6. The molecule has 1 amide bonds. The van der Waals surface area contributed by atoms with Crippen LogP contribution in [0.15, 0.2) is 24.3 Å². The Morgan fingerprint density at radius 1 is 0.310 bits per heavy atom. The molecule has 0 aromatic carbocycles. The van der Waals surface area contributed by atoms with Gasteiger partial charge in [-0.1, -0.05) is 411 Å². The molecular formula is C81H157NO5. The van der Waals surface area contributed by atoms with Crippen molar-refractivity contribution in [1.82, 2.24) is 5.32 Å². The second-order valence-electron chi connectivity index (χ2n) is 27.8. The van der Waals surface area contributed by atoms with E-state index in [0.717, 1.165) is 38.5 Å². The Morgan fingerprint density at radius 2 is 0.540 bits per heavy atom. The Labute approximate surface area is 545 Å². The molecule has 0 radical (unpaired) electrons. The van der Waals surface area contributed by atoms with Crippen LogP contribution < -0.4 is 5.32 Å². The summed E-state index contributed by atoms with van der Waals surface area (Å²) in [6.07, 6.45) is 98.7. The number of amides is 1. The molecule has 0 fully saturated rings. The molecule has 0 heterocycles. The zero-order valence-electron chi connectivity index (χ0n) is 59.3. The molecule has 0 saturated carbocycles. The lowest BCUT2D eigenvalue weighted by Crippen LogP contribution is -2.45. The molecule has 2 atom stereocenters. The lowest BCUT2D eigenvalue weighted by Gasteiger charge is -2.20. The monoisotopic (exact) mass is 1220 g/mol. The van der Waals surface area contributed by atoms with E-state index in [1.165, 1.54) is 392 Å². The number of carbonyl (C=O) groups is 2. The third-order valence-electron chi connectivity index (χ3n) is 19.0. The topological polar surface area (TPSA) is 95.9 Å². The molecule has 3 N–H and O–H groups in total. The molecule has 0 bridgehead atoms. The van der Waals surface area contributed by atoms with Crippen LogP contribution in [0, 0.1) is 0 Å². The molecule has 0 saturated heterocycles. The van der Waals surface area contributed by atoms with Gasteiger partial charge in [0.2, 0.25) is 5.91 Å². The highest BCUT2D eigenvalue weighted by molar-refractivity contribution is 5.76. The minimum Gasteiger partial charge on any atom is -0.466 e. The maximum Gasteiger partial charge on any atom is 0.305 e. The van der Waals surface area contributed by atoms with Gasteiger partial charge in [0, 0.05) is 12.8 Å². The van der Waals surface area contributed by atoms with Gasteiger partial charge in [0.1, 0.15) is 0 Å². The van der Waals surface area contributed by atoms with Crippen LogP contribution in [-0.4, -0.2) is 47.4 Å². The van der Waals surface area contributed by atoms with Crippen molar-refractivity contribution in [3.8, 4) is 0 Å². The first-order valence-corrected chi connectivity index (χ1v) is 40.1. The number of unbranched alkanes of at least 4 members (excludes halogenated alkanes) is 63. The molecule has 0 aliphatic rings. The number of allylic oxidation sites excluding steroid dienone is 3. The van der Waals surface area contributed by atoms with Crippen molar-refractivity contribution in [2.75, 3.05) is 13.2 Å². The quantitative estimate of drug-likeness (QED) is 0.0320. The number of aliphatic hydroxyl groups is 2. The summed E-state index contributed by atoms with van der Waals surface area (Å²) in [4.78, 5) is 24.7. The van der Waals surface area contributed by atoms with E-state index in [0.29, 0.717) is 19.4 Å². The number of rotatable bonds is 76. The smallest absolute Gasteiger partial charge is 0.305 e. The average Bonchev–Trinajstić information content (AvgIpc) is 3.58. The Hall–Kier alpha value is -1.66. The maximum absolute atomic E-state index is 12.6. The molecule has 6 nitrogen and oxygen atoms in total. The van der Waals surface area contributed by atoms with Gasteiger partial charge < -0.3 is 20.3 Å². The van der Waals surface area contributed by atoms with Gasteiger partial charge in [-0.3, -0.25) is 9.59 Å². The largest absolute Gasteiger partial charge is 0.466 e. The molecule has 0 spiro atoms. The summed E-state index contributed by atoms with van der Waals surface area (Å²) in [7, 11) is 0. The Morgan fingerprint density at radius 3 is 0.816 bits per heavy atom. The standard InChI is InChI=1S/C81H157NO5/c1-3-5-7-9-11-13-15-17-19-21-22-23-24-32-35-38-42-45-49-53-57-61-65-69-73-79(84)78(77-83)82-80(85)74-70-66-62-58-54-50-46-43-39-36-33-30-28-26-25-27-29-31-34-37-40-44-48-52-56-60-64-68-72-76-87-81(86)75-71-67-63-59-55-51-47-41-20-18-16-14-12-10-8-6-4-2/h25,27,69,73,78-79,83-84H,3-24,26,28-68,70-72,74-77H2,1-2H3,(H,82,85)/b27-25-,73-69+. The summed E-state index contributed by atoms with van der Waals surface area (Å²) in [5.41, 5.74) is 0. The SMILES string of the molecule is CCCCCCCCCCCCCCCCCCCCCCCC/C=C/C(O)C(CO)NC(=O)CCCCCCCCCCCCCCC/C=C\CCCCCCCCCCCCCCOC(=O)CCCCCCCCCCCCCCCCCCC. The molecule has 0 aliphatic heterocycles. The van der Waals surface area contributed by atoms with Crippen molar-refractivity contribution >= 4 is 11.9 Å². The van der Waals surface area contributed by atoms with Gasteiger partial charge in [-0.2, -0.15) is 0 Å². The summed E-state index contributed by atoms with van der Waals surface area (Å²) in [6, 6.07) is -0.629. The molecule has 0 aliphatic carbocycles. The maximum atomic E-state index is 12.6. The fraction of sp³-hybridized carbons (Fsp3) is 0.926. The zero-order valence-corrected chi connectivity index (χ0v) is 59.3. The highest BCUT2D eigenvalue weighted by Gasteiger charge is 2.18. The number of carbonyl (C=O) groups excluding carboxylic acids is 2. The van der Waals surface area contributed by atoms with Gasteiger partial charge in [-0.25, -0.2) is 0 Å². The third-order valence-corrected chi connectivity index (χ3v) is 19.0. The molecule has 6 heteroatoms. The highest BCUT2D eigenvalue weighted by Crippen LogP contribution is 2.20. The molecule has 87 heavy (non-hydrogen) atoms. The van der Waals surface area contributed by atoms with E-state index in [1.54, 1.807) is 6.08 Å². The number of ether oxygens (including phenoxy) is 1. The number of nitrogens with one attached hydrogen (secondary N) is 1. The summed E-state index contributed by atoms with van der Waals surface area (Å²) >= 11 is 0. The van der Waals surface area contributed by atoms with Crippen molar-refractivity contribution in [3.63, 3.8) is 0 Å². The first-order chi connectivity index (χ1) is 43.0. The molecule has 0 aromatic rings. The lowest BCUT2D eigenvalue weighted by molar-refractivity contribution is -0.143. The van der Waals surface area contributed by atoms with Crippen LogP contribution in [0.2, 0.25) is 0 Å². The van der Waals surface area contributed by atoms with Crippen molar-refractivity contribution in [3.05, 3.63) is 24.3 Å². The van der Waals surface area contributed by atoms with E-state index >= 15 is 0 Å². The van der Waals surface area contributed by atoms with Crippen LogP contribution in [0.1, 0.15) is 457 Å². The Balaban J connectivity index is 3.38. The predicted molar refractivity (Wildman–Crippen MR) is 384 cm³/mol. The van der Waals surface area contributed by atoms with Gasteiger partial charge >= 0.3 is 5.97 Å². The number of hydrogen-bond donors (Lipinski definition) is 3. The summed E-state index contributed by atoms with van der Waals surface area (Å²) in [5.74, 6) is -0.0405. The second kappa shape index (κ2) is 76.8. The fourth-order valence-corrected chi connectivity index (χ4v) is 12.9. The Bertz CT molecular complexity index is 1360. The second-order valence-corrected chi connectivity index (χ2v) is 27.8. The summed E-state index contributed by atoms with van der Waals surface area (Å²) < 4.78 is 5.51. The predicted octanol–water partition coefficient (Wildman–Crippen LogP) is 26.4. The summed E-state index contributed by atoms with van der Waals surface area (Å²) in [6.45, 7) is 4.96. The van der Waals surface area contributed by atoms with Crippen molar-refractivity contribution < 1.29 is 24.5 Å². The van der Waals surface area contributed by atoms with Gasteiger partial charge in [0.15, 0.2) is 0 Å². The van der Waals surface area contributed by atoms with Crippen LogP contribution in [0.3, 0.4) is 0 Å². The average molecular weight is 1230 g/mol. The van der Waals surface area contributed by atoms with Crippen LogP contribution >= 0.6 is 0 Å². The highest BCUT2D eigenvalue weighted by atomic mass is 16.5. The zero-order chi connectivity index (χ0) is 62.8. The van der Waals surface area contributed by atoms with Gasteiger partial charge in [-0.05, 0) is 57.8 Å². The van der Waals surface area contributed by atoms with Crippen LogP contribution in [0.5, 0.6) is 0 Å². The van der Waals surface area contributed by atoms with Crippen LogP contribution in [-0.2, 0) is 14.3 Å². The minimum absolute atomic E-state index is 0.0213. The third kappa shape index (κ3) is 73.3. The van der Waals surface area contributed by atoms with Crippen LogP contribution in [0.4, 0.5) is 0 Å². The van der Waals surface area contributed by atoms with E-state index in [4.69, 9.17) is 4.74 Å². The first-order valence-electron chi connectivity index (χ1n) is 40.1.